The van der Waals surface area contributed by atoms with Crippen LogP contribution in [-0.4, -0.2) is 23.3 Å². The molecule has 188 valence electrons. The SMILES string of the molecule is CC(N)=Nc1nccc(Oc2ccc(NC(=O)Nc3cc(C(F)(F)F)ccc3F)c(F)c2)c1NC=O. The van der Waals surface area contributed by atoms with Gasteiger partial charge in [-0.1, -0.05) is 0 Å². The highest BCUT2D eigenvalue weighted by Gasteiger charge is 2.31. The number of amides is 3. The van der Waals surface area contributed by atoms with Gasteiger partial charge in [-0.05, 0) is 37.3 Å². The van der Waals surface area contributed by atoms with E-state index in [9.17, 15) is 31.5 Å². The molecule has 2 aromatic carbocycles. The van der Waals surface area contributed by atoms with Crippen molar-refractivity contribution in [2.75, 3.05) is 16.0 Å². The summed E-state index contributed by atoms with van der Waals surface area (Å²) in [5, 5.41) is 6.34. The number of pyridine rings is 1. The van der Waals surface area contributed by atoms with Crippen molar-refractivity contribution in [1.82, 2.24) is 4.98 Å². The predicted molar refractivity (Wildman–Crippen MR) is 121 cm³/mol. The number of amidine groups is 1. The Hall–Kier alpha value is -4.75. The number of aliphatic imine (C=N–C) groups is 1. The number of nitrogens with one attached hydrogen (secondary N) is 3. The minimum Gasteiger partial charge on any atom is -0.455 e. The van der Waals surface area contributed by atoms with Crippen LogP contribution in [0.25, 0.3) is 0 Å². The summed E-state index contributed by atoms with van der Waals surface area (Å²) in [7, 11) is 0. The van der Waals surface area contributed by atoms with E-state index in [1.807, 2.05) is 5.32 Å². The molecule has 0 aliphatic carbocycles. The predicted octanol–water partition coefficient (Wildman–Crippen LogP) is 5.39. The number of nitrogens with two attached hydrogens (primary N) is 1. The molecule has 1 heterocycles. The quantitative estimate of drug-likeness (QED) is 0.147. The zero-order valence-electron chi connectivity index (χ0n) is 18.3. The molecule has 1 aromatic heterocycles. The summed E-state index contributed by atoms with van der Waals surface area (Å²) in [6.07, 6.45) is -3.08. The molecule has 0 unspecified atom stereocenters. The Kier molecular flexibility index (Phi) is 7.67. The van der Waals surface area contributed by atoms with Crippen LogP contribution in [0.4, 0.5) is 49.6 Å². The number of rotatable bonds is 7. The van der Waals surface area contributed by atoms with Gasteiger partial charge in [0.25, 0.3) is 0 Å². The average molecular weight is 508 g/mol. The smallest absolute Gasteiger partial charge is 0.416 e. The maximum absolute atomic E-state index is 14.6. The van der Waals surface area contributed by atoms with Gasteiger partial charge in [0.2, 0.25) is 6.41 Å². The van der Waals surface area contributed by atoms with E-state index >= 15 is 0 Å². The lowest BCUT2D eigenvalue weighted by atomic mass is 10.2. The molecule has 0 spiro atoms. The van der Waals surface area contributed by atoms with Gasteiger partial charge < -0.3 is 26.4 Å². The standard InChI is InChI=1S/C22H17F5N6O3/c1-11(28)31-20-19(30-10-34)18(6-7-29-20)36-13-3-5-16(15(24)9-13)32-21(35)33-17-8-12(22(25,26)27)2-4-14(17)23/h2-10H,1H3,(H,30,34)(H2,28,29,31)(H2,32,33,35). The fraction of sp³-hybridized carbons (Fsp3) is 0.0909. The Morgan fingerprint density at radius 1 is 1.06 bits per heavy atom. The van der Waals surface area contributed by atoms with Crippen molar-refractivity contribution in [3.8, 4) is 11.5 Å². The van der Waals surface area contributed by atoms with Gasteiger partial charge in [0.15, 0.2) is 11.6 Å². The summed E-state index contributed by atoms with van der Waals surface area (Å²) in [4.78, 5) is 31.1. The van der Waals surface area contributed by atoms with E-state index < -0.39 is 35.1 Å². The van der Waals surface area contributed by atoms with E-state index in [4.69, 9.17) is 10.5 Å². The molecule has 3 aromatic rings. The van der Waals surface area contributed by atoms with Crippen LogP contribution in [0.5, 0.6) is 11.5 Å². The van der Waals surface area contributed by atoms with Gasteiger partial charge in [0, 0.05) is 18.3 Å². The number of alkyl halides is 3. The van der Waals surface area contributed by atoms with E-state index in [1.165, 1.54) is 25.3 Å². The van der Waals surface area contributed by atoms with Gasteiger partial charge in [-0.15, -0.1) is 0 Å². The van der Waals surface area contributed by atoms with Crippen LogP contribution in [-0.2, 0) is 11.0 Å². The molecule has 3 amide bonds. The molecule has 0 atom stereocenters. The van der Waals surface area contributed by atoms with Crippen LogP contribution in [0.3, 0.4) is 0 Å². The van der Waals surface area contributed by atoms with Crippen LogP contribution in [0.1, 0.15) is 12.5 Å². The summed E-state index contributed by atoms with van der Waals surface area (Å²) in [6, 6.07) is 4.90. The van der Waals surface area contributed by atoms with Crippen molar-refractivity contribution < 1.29 is 36.3 Å². The third-order valence-corrected chi connectivity index (χ3v) is 4.34. The van der Waals surface area contributed by atoms with E-state index in [1.54, 1.807) is 0 Å². The van der Waals surface area contributed by atoms with Crippen molar-refractivity contribution >= 4 is 41.2 Å². The van der Waals surface area contributed by atoms with E-state index in [-0.39, 0.29) is 34.5 Å². The van der Waals surface area contributed by atoms with Gasteiger partial charge in [0.1, 0.15) is 23.1 Å². The normalized spacial score (nSPS) is 11.6. The van der Waals surface area contributed by atoms with Crippen LogP contribution >= 0.6 is 0 Å². The lowest BCUT2D eigenvalue weighted by Crippen LogP contribution is -2.21. The number of halogens is 5. The summed E-state index contributed by atoms with van der Waals surface area (Å²) < 4.78 is 72.5. The number of ether oxygens (including phenoxy) is 1. The van der Waals surface area contributed by atoms with Crippen molar-refractivity contribution in [3.63, 3.8) is 0 Å². The molecule has 0 aliphatic rings. The number of aromatic nitrogens is 1. The zero-order chi connectivity index (χ0) is 26.5. The Balaban J connectivity index is 1.77. The summed E-state index contributed by atoms with van der Waals surface area (Å²) in [5.41, 5.74) is 3.30. The molecule has 5 N–H and O–H groups in total. The summed E-state index contributed by atoms with van der Waals surface area (Å²) in [5.74, 6) is -1.91. The second-order valence-electron chi connectivity index (χ2n) is 7.04. The molecule has 9 nitrogen and oxygen atoms in total. The molecule has 0 aliphatic heterocycles. The number of hydrogen-bond acceptors (Lipinski definition) is 5. The van der Waals surface area contributed by atoms with Gasteiger partial charge in [-0.3, -0.25) is 4.79 Å². The van der Waals surface area contributed by atoms with Crippen LogP contribution in [0, 0.1) is 11.6 Å². The maximum atomic E-state index is 14.6. The first kappa shape index (κ1) is 25.9. The third kappa shape index (κ3) is 6.43. The first-order valence-electron chi connectivity index (χ1n) is 9.90. The highest BCUT2D eigenvalue weighted by Crippen LogP contribution is 2.36. The highest BCUT2D eigenvalue weighted by molar-refractivity contribution is 6.00. The largest absolute Gasteiger partial charge is 0.455 e. The number of hydrogen-bond donors (Lipinski definition) is 4. The summed E-state index contributed by atoms with van der Waals surface area (Å²) >= 11 is 0. The van der Waals surface area contributed by atoms with Crippen molar-refractivity contribution in [2.24, 2.45) is 10.7 Å². The molecule has 0 bridgehead atoms. The molecular formula is C22H17F5N6O3. The van der Waals surface area contributed by atoms with Crippen molar-refractivity contribution in [1.29, 1.82) is 0 Å². The Morgan fingerprint density at radius 2 is 1.78 bits per heavy atom. The number of carbonyl (C=O) groups is 2. The zero-order valence-corrected chi connectivity index (χ0v) is 18.3. The Bertz CT molecular complexity index is 1330. The number of anilines is 3. The minimum atomic E-state index is -4.76. The van der Waals surface area contributed by atoms with Gasteiger partial charge in [-0.2, -0.15) is 13.2 Å². The first-order chi connectivity index (χ1) is 17.0. The van der Waals surface area contributed by atoms with E-state index in [0.29, 0.717) is 24.6 Å². The molecular weight excluding hydrogens is 491 g/mol. The second-order valence-corrected chi connectivity index (χ2v) is 7.04. The second kappa shape index (κ2) is 10.7. The summed E-state index contributed by atoms with van der Waals surface area (Å²) in [6.45, 7) is 1.50. The molecule has 0 radical (unpaired) electrons. The Labute approximate surface area is 200 Å². The van der Waals surface area contributed by atoms with Gasteiger partial charge in [0.05, 0.1) is 22.8 Å². The molecule has 3 rings (SSSR count). The topological polar surface area (TPSA) is 131 Å². The molecule has 36 heavy (non-hydrogen) atoms. The fourth-order valence-corrected chi connectivity index (χ4v) is 2.83. The fourth-order valence-electron chi connectivity index (χ4n) is 2.83. The van der Waals surface area contributed by atoms with Crippen LogP contribution < -0.4 is 26.4 Å². The number of benzene rings is 2. The molecule has 0 fully saturated rings. The van der Waals surface area contributed by atoms with Crippen LogP contribution in [0.15, 0.2) is 53.7 Å². The lowest BCUT2D eigenvalue weighted by Gasteiger charge is -2.14. The van der Waals surface area contributed by atoms with Gasteiger partial charge in [-0.25, -0.2) is 23.6 Å². The maximum Gasteiger partial charge on any atom is 0.416 e. The first-order valence-corrected chi connectivity index (χ1v) is 9.90. The van der Waals surface area contributed by atoms with Gasteiger partial charge >= 0.3 is 12.2 Å². The highest BCUT2D eigenvalue weighted by atomic mass is 19.4. The number of nitrogens with zero attached hydrogens (tertiary/aromatic N) is 2. The third-order valence-electron chi connectivity index (χ3n) is 4.34. The van der Waals surface area contributed by atoms with E-state index in [2.05, 4.69) is 20.6 Å². The number of urea groups is 1. The Morgan fingerprint density at radius 3 is 2.42 bits per heavy atom. The lowest BCUT2D eigenvalue weighted by molar-refractivity contribution is -0.137. The number of carbonyl (C=O) groups excluding carboxylic acids is 2. The monoisotopic (exact) mass is 508 g/mol. The van der Waals surface area contributed by atoms with Crippen LogP contribution in [0.2, 0.25) is 0 Å². The molecule has 0 saturated carbocycles. The average Bonchev–Trinajstić information content (AvgIpc) is 2.78. The molecule has 14 heteroatoms. The minimum absolute atomic E-state index is 0.0388. The molecule has 0 saturated heterocycles. The van der Waals surface area contributed by atoms with Crippen molar-refractivity contribution in [3.05, 3.63) is 65.9 Å². The van der Waals surface area contributed by atoms with E-state index in [0.717, 1.165) is 12.1 Å². The van der Waals surface area contributed by atoms with Crippen molar-refractivity contribution in [2.45, 2.75) is 13.1 Å².